The maximum Gasteiger partial charge on any atom is 0.326 e. The van der Waals surface area contributed by atoms with E-state index in [-0.39, 0.29) is 5.91 Å². The van der Waals surface area contributed by atoms with Gasteiger partial charge in [0.2, 0.25) is 5.91 Å². The van der Waals surface area contributed by atoms with Gasteiger partial charge < -0.3 is 10.0 Å². The summed E-state index contributed by atoms with van der Waals surface area (Å²) in [5.74, 6) is -1.21. The van der Waals surface area contributed by atoms with Gasteiger partial charge >= 0.3 is 5.97 Å². The van der Waals surface area contributed by atoms with Crippen molar-refractivity contribution >= 4 is 29.6 Å². The third-order valence-corrected chi connectivity index (χ3v) is 3.84. The van der Waals surface area contributed by atoms with Crippen molar-refractivity contribution in [2.24, 2.45) is 0 Å². The second kappa shape index (κ2) is 6.09. The number of likely N-dealkylation sites (tertiary alicyclic amines) is 1. The molecule has 0 unspecified atom stereocenters. The molecular weight excluding hydrogens is 278 g/mol. The molecule has 1 aliphatic heterocycles. The Balaban J connectivity index is 2.08. The summed E-state index contributed by atoms with van der Waals surface area (Å²) in [7, 11) is 0. The largest absolute Gasteiger partial charge is 0.480 e. The van der Waals surface area contributed by atoms with Crippen molar-refractivity contribution in [3.8, 4) is 0 Å². The molecule has 0 saturated carbocycles. The Labute approximate surface area is 122 Å². The minimum absolute atomic E-state index is 0.272. The predicted octanol–water partition coefficient (Wildman–Crippen LogP) is 2.74. The van der Waals surface area contributed by atoms with Crippen molar-refractivity contribution in [2.45, 2.75) is 25.8 Å². The van der Waals surface area contributed by atoms with Crippen molar-refractivity contribution < 1.29 is 14.7 Å². The summed E-state index contributed by atoms with van der Waals surface area (Å²) in [4.78, 5) is 24.5. The average molecular weight is 294 g/mol. The van der Waals surface area contributed by atoms with Crippen LogP contribution in [0.4, 0.5) is 0 Å². The molecule has 0 radical (unpaired) electrons. The maximum atomic E-state index is 12.0. The van der Waals surface area contributed by atoms with E-state index in [0.29, 0.717) is 18.0 Å². The molecule has 2 rings (SSSR count). The smallest absolute Gasteiger partial charge is 0.326 e. The zero-order valence-electron chi connectivity index (χ0n) is 11.2. The number of halogens is 1. The van der Waals surface area contributed by atoms with Crippen molar-refractivity contribution in [3.63, 3.8) is 0 Å². The molecule has 20 heavy (non-hydrogen) atoms. The van der Waals surface area contributed by atoms with Crippen LogP contribution < -0.4 is 0 Å². The molecule has 0 bridgehead atoms. The Morgan fingerprint density at radius 3 is 2.85 bits per heavy atom. The van der Waals surface area contributed by atoms with E-state index in [1.165, 1.54) is 11.0 Å². The molecule has 106 valence electrons. The minimum Gasteiger partial charge on any atom is -0.480 e. The van der Waals surface area contributed by atoms with E-state index in [1.54, 1.807) is 12.1 Å². The van der Waals surface area contributed by atoms with Crippen molar-refractivity contribution in [3.05, 3.63) is 40.4 Å². The van der Waals surface area contributed by atoms with Gasteiger partial charge in [-0.1, -0.05) is 23.7 Å². The summed E-state index contributed by atoms with van der Waals surface area (Å²) < 4.78 is 0. The number of rotatable bonds is 3. The van der Waals surface area contributed by atoms with Crippen molar-refractivity contribution in [1.82, 2.24) is 4.90 Å². The molecule has 0 aliphatic carbocycles. The monoisotopic (exact) mass is 293 g/mol. The number of carbonyl (C=O) groups excluding carboxylic acids is 1. The summed E-state index contributed by atoms with van der Waals surface area (Å²) >= 11 is 6.01. The molecule has 1 atom stereocenters. The van der Waals surface area contributed by atoms with E-state index in [1.807, 2.05) is 19.1 Å². The number of nitrogens with zero attached hydrogens (tertiary/aromatic N) is 1. The first-order valence-electron chi connectivity index (χ1n) is 6.46. The first-order valence-corrected chi connectivity index (χ1v) is 6.84. The van der Waals surface area contributed by atoms with Crippen LogP contribution >= 0.6 is 11.6 Å². The topological polar surface area (TPSA) is 57.6 Å². The van der Waals surface area contributed by atoms with Gasteiger partial charge in [0, 0.05) is 17.6 Å². The standard InChI is InChI=1S/C15H16ClNO3/c1-10-4-5-11(9-12(10)16)6-7-14(18)17-8-2-3-13(17)15(19)20/h4-7,9,13H,2-3,8H2,1H3,(H,19,20)/t13-/m1/s1. The van der Waals surface area contributed by atoms with Crippen LogP contribution in [0.1, 0.15) is 24.0 Å². The fraction of sp³-hybridized carbons (Fsp3) is 0.333. The van der Waals surface area contributed by atoms with E-state index in [4.69, 9.17) is 16.7 Å². The first kappa shape index (κ1) is 14.6. The highest BCUT2D eigenvalue weighted by atomic mass is 35.5. The molecule has 1 aromatic rings. The Bertz CT molecular complexity index is 568. The summed E-state index contributed by atoms with van der Waals surface area (Å²) in [6.07, 6.45) is 4.31. The van der Waals surface area contributed by atoms with Gasteiger partial charge in [0.05, 0.1) is 0 Å². The second-order valence-corrected chi connectivity index (χ2v) is 5.28. The van der Waals surface area contributed by atoms with Gasteiger partial charge in [-0.2, -0.15) is 0 Å². The SMILES string of the molecule is Cc1ccc(C=CC(=O)N2CCC[C@@H]2C(=O)O)cc1Cl. The van der Waals surface area contributed by atoms with Crippen LogP contribution in [0.3, 0.4) is 0 Å². The van der Waals surface area contributed by atoms with Crippen LogP contribution in [-0.2, 0) is 9.59 Å². The van der Waals surface area contributed by atoms with Crippen LogP contribution in [0.25, 0.3) is 6.08 Å². The summed E-state index contributed by atoms with van der Waals surface area (Å²) in [5, 5.41) is 9.69. The van der Waals surface area contributed by atoms with Crippen molar-refractivity contribution in [2.75, 3.05) is 6.54 Å². The predicted molar refractivity (Wildman–Crippen MR) is 77.6 cm³/mol. The Kier molecular flexibility index (Phi) is 4.45. The van der Waals surface area contributed by atoms with E-state index < -0.39 is 12.0 Å². The number of hydrogen-bond donors (Lipinski definition) is 1. The van der Waals surface area contributed by atoms with Gasteiger partial charge in [-0.05, 0) is 43.0 Å². The number of aliphatic carboxylic acids is 1. The molecule has 1 saturated heterocycles. The third-order valence-electron chi connectivity index (χ3n) is 3.44. The number of benzene rings is 1. The summed E-state index contributed by atoms with van der Waals surface area (Å²) in [6, 6.07) is 4.82. The number of carbonyl (C=O) groups is 2. The molecule has 1 amide bonds. The normalized spacial score (nSPS) is 18.7. The number of aryl methyl sites for hydroxylation is 1. The quantitative estimate of drug-likeness (QED) is 0.872. The molecule has 1 aromatic carbocycles. The van der Waals surface area contributed by atoms with E-state index in [0.717, 1.165) is 17.5 Å². The zero-order valence-corrected chi connectivity index (χ0v) is 11.9. The molecule has 1 aliphatic rings. The van der Waals surface area contributed by atoms with Gasteiger partial charge in [-0.15, -0.1) is 0 Å². The second-order valence-electron chi connectivity index (χ2n) is 4.87. The van der Waals surface area contributed by atoms with E-state index in [2.05, 4.69) is 0 Å². The molecule has 0 spiro atoms. The molecule has 4 nitrogen and oxygen atoms in total. The van der Waals surface area contributed by atoms with Gasteiger partial charge in [-0.3, -0.25) is 4.79 Å². The number of carboxylic acids is 1. The van der Waals surface area contributed by atoms with E-state index >= 15 is 0 Å². The van der Waals surface area contributed by atoms with Gasteiger partial charge in [-0.25, -0.2) is 4.79 Å². The summed E-state index contributed by atoms with van der Waals surface area (Å²) in [5.41, 5.74) is 1.79. The Hall–Kier alpha value is -1.81. The lowest BCUT2D eigenvalue weighted by molar-refractivity contribution is -0.146. The molecular formula is C15H16ClNO3. The molecule has 1 heterocycles. The summed E-state index contributed by atoms with van der Waals surface area (Å²) in [6.45, 7) is 2.40. The highest BCUT2D eigenvalue weighted by molar-refractivity contribution is 6.31. The van der Waals surface area contributed by atoms with Crippen LogP contribution in [0.5, 0.6) is 0 Å². The first-order chi connectivity index (χ1) is 9.49. The molecule has 5 heteroatoms. The number of amides is 1. The molecule has 0 aromatic heterocycles. The molecule has 1 N–H and O–H groups in total. The van der Waals surface area contributed by atoms with E-state index in [9.17, 15) is 9.59 Å². The third kappa shape index (κ3) is 3.20. The lowest BCUT2D eigenvalue weighted by Gasteiger charge is -2.19. The van der Waals surface area contributed by atoms with Crippen LogP contribution in [-0.4, -0.2) is 34.5 Å². The number of hydrogen-bond acceptors (Lipinski definition) is 2. The Morgan fingerprint density at radius 1 is 1.45 bits per heavy atom. The van der Waals surface area contributed by atoms with Crippen molar-refractivity contribution in [1.29, 1.82) is 0 Å². The minimum atomic E-state index is -0.942. The van der Waals surface area contributed by atoms with Gasteiger partial charge in [0.25, 0.3) is 0 Å². The highest BCUT2D eigenvalue weighted by Crippen LogP contribution is 2.20. The van der Waals surface area contributed by atoms with Gasteiger partial charge in [0.1, 0.15) is 6.04 Å². The lowest BCUT2D eigenvalue weighted by Crippen LogP contribution is -2.39. The zero-order chi connectivity index (χ0) is 14.7. The van der Waals surface area contributed by atoms with Crippen LogP contribution in [0.2, 0.25) is 5.02 Å². The molecule has 1 fully saturated rings. The Morgan fingerprint density at radius 2 is 2.20 bits per heavy atom. The van der Waals surface area contributed by atoms with Gasteiger partial charge in [0.15, 0.2) is 0 Å². The highest BCUT2D eigenvalue weighted by Gasteiger charge is 2.32. The van der Waals surface area contributed by atoms with Crippen LogP contribution in [0.15, 0.2) is 24.3 Å². The van der Waals surface area contributed by atoms with Crippen LogP contribution in [0, 0.1) is 6.92 Å². The number of carboxylic acid groups (broad SMARTS) is 1. The average Bonchev–Trinajstić information content (AvgIpc) is 2.89. The fourth-order valence-corrected chi connectivity index (χ4v) is 2.45. The maximum absolute atomic E-state index is 12.0. The lowest BCUT2D eigenvalue weighted by atomic mass is 10.1. The fourth-order valence-electron chi connectivity index (χ4n) is 2.26.